The Kier molecular flexibility index (Phi) is 7.96. The van der Waals surface area contributed by atoms with Gasteiger partial charge >= 0.3 is 0 Å². The Bertz CT molecular complexity index is 1400. The summed E-state index contributed by atoms with van der Waals surface area (Å²) >= 11 is 0. The number of hydrogen-bond donors (Lipinski definition) is 1. The molecule has 1 saturated heterocycles. The molecular formula is C32H38F2N4O3. The van der Waals surface area contributed by atoms with E-state index < -0.39 is 22.7 Å². The first kappa shape index (κ1) is 29.2. The molecule has 3 aromatic rings. The smallest absolute Gasteiger partial charge is 0.185 e. The van der Waals surface area contributed by atoms with Crippen LogP contribution in [0.3, 0.4) is 0 Å². The molecule has 9 heteroatoms. The first-order valence-electron chi connectivity index (χ1n) is 14.3. The van der Waals surface area contributed by atoms with Crippen LogP contribution in [0.1, 0.15) is 81.8 Å². The van der Waals surface area contributed by atoms with E-state index in [1.165, 1.54) is 12.3 Å². The number of nitrogens with zero attached hydrogens (tertiary/aromatic N) is 4. The van der Waals surface area contributed by atoms with E-state index >= 15 is 0 Å². The molecule has 7 nitrogen and oxygen atoms in total. The highest BCUT2D eigenvalue weighted by atomic mass is 19.1. The summed E-state index contributed by atoms with van der Waals surface area (Å²) < 4.78 is 28.8. The molecule has 0 unspecified atom stereocenters. The summed E-state index contributed by atoms with van der Waals surface area (Å²) in [6.07, 6.45) is 5.33. The third kappa shape index (κ3) is 6.62. The van der Waals surface area contributed by atoms with Crippen LogP contribution in [0, 0.1) is 17.0 Å². The summed E-state index contributed by atoms with van der Waals surface area (Å²) in [5, 5.41) is 18.3. The number of Topliss-reactive ketones (excluding diaryl/α,β-unsaturated/α-hetero) is 2. The molecule has 0 spiro atoms. The number of benzene rings is 2. The zero-order chi connectivity index (χ0) is 29.4. The summed E-state index contributed by atoms with van der Waals surface area (Å²) in [7, 11) is 0. The summed E-state index contributed by atoms with van der Waals surface area (Å²) in [6.45, 7) is 7.23. The fourth-order valence-corrected chi connectivity index (χ4v) is 6.52. The molecule has 1 aromatic heterocycles. The molecule has 2 fully saturated rings. The molecule has 0 amide bonds. The van der Waals surface area contributed by atoms with Gasteiger partial charge in [-0.05, 0) is 55.7 Å². The zero-order valence-corrected chi connectivity index (χ0v) is 23.9. The number of likely N-dealkylation sites (tertiary alicyclic amines) is 1. The Hall–Kier alpha value is -3.30. The number of carbonyl (C=O) groups is 2. The van der Waals surface area contributed by atoms with Crippen LogP contribution in [-0.4, -0.2) is 61.3 Å². The summed E-state index contributed by atoms with van der Waals surface area (Å²) in [6, 6.07) is 13.4. The molecule has 41 heavy (non-hydrogen) atoms. The SMILES string of the molecule is CC1(O)CCC(N2CC(CC(=O)CC(C)(C)c3ccccc3)(CC(=O)c3cn(-c4ccc(F)cc4F)nn3)C2)CC1. The number of rotatable bonds is 10. The van der Waals surface area contributed by atoms with Crippen LogP contribution in [0.4, 0.5) is 8.78 Å². The summed E-state index contributed by atoms with van der Waals surface area (Å²) in [5.74, 6) is -1.67. The van der Waals surface area contributed by atoms with Gasteiger partial charge in [-0.3, -0.25) is 14.5 Å². The highest BCUT2D eigenvalue weighted by molar-refractivity contribution is 5.95. The van der Waals surface area contributed by atoms with Crippen molar-refractivity contribution in [3.63, 3.8) is 0 Å². The first-order chi connectivity index (χ1) is 19.3. The van der Waals surface area contributed by atoms with Gasteiger partial charge in [0.2, 0.25) is 0 Å². The number of aromatic nitrogens is 3. The zero-order valence-electron chi connectivity index (χ0n) is 23.9. The van der Waals surface area contributed by atoms with Gasteiger partial charge in [0.25, 0.3) is 0 Å². The Morgan fingerprint density at radius 3 is 2.39 bits per heavy atom. The molecule has 5 rings (SSSR count). The van der Waals surface area contributed by atoms with Crippen molar-refractivity contribution < 1.29 is 23.5 Å². The Morgan fingerprint density at radius 2 is 1.73 bits per heavy atom. The second-order valence-electron chi connectivity index (χ2n) is 13.0. The number of aliphatic hydroxyl groups is 1. The third-order valence-electron chi connectivity index (χ3n) is 8.86. The van der Waals surface area contributed by atoms with E-state index in [1.807, 2.05) is 37.3 Å². The van der Waals surface area contributed by atoms with Crippen LogP contribution in [0.2, 0.25) is 0 Å². The van der Waals surface area contributed by atoms with Crippen LogP contribution in [0.25, 0.3) is 5.69 Å². The third-order valence-corrected chi connectivity index (χ3v) is 8.86. The van der Waals surface area contributed by atoms with Gasteiger partial charge in [0, 0.05) is 49.9 Å². The van der Waals surface area contributed by atoms with Crippen molar-refractivity contribution in [2.45, 2.75) is 82.8 Å². The van der Waals surface area contributed by atoms with Gasteiger partial charge in [-0.15, -0.1) is 5.10 Å². The van der Waals surface area contributed by atoms with Crippen LogP contribution in [0.5, 0.6) is 0 Å². The molecule has 2 aromatic carbocycles. The molecule has 2 heterocycles. The minimum absolute atomic E-state index is 0.00557. The van der Waals surface area contributed by atoms with Crippen molar-refractivity contribution in [2.24, 2.45) is 5.41 Å². The number of ketones is 2. The van der Waals surface area contributed by atoms with E-state index in [0.29, 0.717) is 25.6 Å². The van der Waals surface area contributed by atoms with Crippen molar-refractivity contribution in [2.75, 3.05) is 13.1 Å². The van der Waals surface area contributed by atoms with Crippen molar-refractivity contribution in [3.8, 4) is 5.69 Å². The summed E-state index contributed by atoms with van der Waals surface area (Å²) in [5.41, 5.74) is -0.349. The maximum Gasteiger partial charge on any atom is 0.185 e. The second-order valence-corrected chi connectivity index (χ2v) is 13.0. The second kappa shape index (κ2) is 11.2. The number of carbonyl (C=O) groups excluding carboxylic acids is 2. The van der Waals surface area contributed by atoms with Gasteiger partial charge in [0.15, 0.2) is 11.6 Å². The van der Waals surface area contributed by atoms with E-state index in [0.717, 1.165) is 48.1 Å². The monoisotopic (exact) mass is 564 g/mol. The molecular weight excluding hydrogens is 526 g/mol. The fraction of sp³-hybridized carbons (Fsp3) is 0.500. The van der Waals surface area contributed by atoms with Crippen LogP contribution in [0.15, 0.2) is 54.7 Å². The van der Waals surface area contributed by atoms with Gasteiger partial charge < -0.3 is 5.11 Å². The largest absolute Gasteiger partial charge is 0.390 e. The first-order valence-corrected chi connectivity index (χ1v) is 14.3. The van der Waals surface area contributed by atoms with Gasteiger partial charge in [-0.2, -0.15) is 0 Å². The van der Waals surface area contributed by atoms with Crippen molar-refractivity contribution in [3.05, 3.63) is 77.6 Å². The van der Waals surface area contributed by atoms with Crippen LogP contribution < -0.4 is 0 Å². The Labute approximate surface area is 239 Å². The van der Waals surface area contributed by atoms with Gasteiger partial charge in [-0.1, -0.05) is 49.4 Å². The lowest BCUT2D eigenvalue weighted by atomic mass is 9.68. The molecule has 1 saturated carbocycles. The van der Waals surface area contributed by atoms with Gasteiger partial charge in [0.1, 0.15) is 23.0 Å². The van der Waals surface area contributed by atoms with E-state index in [-0.39, 0.29) is 41.2 Å². The highest BCUT2D eigenvalue weighted by Crippen LogP contribution is 2.44. The minimum Gasteiger partial charge on any atom is -0.390 e. The molecule has 0 atom stereocenters. The maximum atomic E-state index is 14.3. The van der Waals surface area contributed by atoms with E-state index in [1.54, 1.807) is 0 Å². The predicted molar refractivity (Wildman–Crippen MR) is 151 cm³/mol. The lowest BCUT2D eigenvalue weighted by Gasteiger charge is -2.55. The quantitative estimate of drug-likeness (QED) is 0.330. The maximum absolute atomic E-state index is 14.3. The normalized spacial score (nSPS) is 22.7. The molecule has 218 valence electrons. The topological polar surface area (TPSA) is 88.3 Å². The van der Waals surface area contributed by atoms with Gasteiger partial charge in [-0.25, -0.2) is 13.5 Å². The lowest BCUT2D eigenvalue weighted by Crippen LogP contribution is -2.62. The standard InChI is InChI=1S/C32H38F2N4O3/c1-30(2,22-7-5-4-6-8-22)16-25(39)17-32(20-37(21-32)24-11-13-31(3,41)14-12-24)18-29(40)27-19-38(36-35-27)28-10-9-23(33)15-26(28)34/h4-10,15,19,24,41H,11-14,16-18,20-21H2,1-3H3. The molecule has 0 radical (unpaired) electrons. The number of hydrogen-bond acceptors (Lipinski definition) is 6. The van der Waals surface area contributed by atoms with Crippen molar-refractivity contribution in [1.82, 2.24) is 19.9 Å². The molecule has 0 bridgehead atoms. The average Bonchev–Trinajstić information content (AvgIpc) is 3.37. The van der Waals surface area contributed by atoms with E-state index in [4.69, 9.17) is 0 Å². The van der Waals surface area contributed by atoms with Crippen molar-refractivity contribution >= 4 is 11.6 Å². The Morgan fingerprint density at radius 1 is 1.05 bits per heavy atom. The molecule has 2 aliphatic rings. The summed E-state index contributed by atoms with van der Waals surface area (Å²) in [4.78, 5) is 29.3. The van der Waals surface area contributed by atoms with Crippen LogP contribution >= 0.6 is 0 Å². The molecule has 1 N–H and O–H groups in total. The lowest BCUT2D eigenvalue weighted by molar-refractivity contribution is -0.128. The molecule has 1 aliphatic heterocycles. The highest BCUT2D eigenvalue weighted by Gasteiger charge is 2.49. The fourth-order valence-electron chi connectivity index (χ4n) is 6.52. The minimum atomic E-state index is -0.807. The van der Waals surface area contributed by atoms with Crippen LogP contribution in [-0.2, 0) is 10.2 Å². The van der Waals surface area contributed by atoms with E-state index in [9.17, 15) is 23.5 Å². The number of halogens is 2. The Balaban J connectivity index is 1.31. The molecule has 1 aliphatic carbocycles. The predicted octanol–water partition coefficient (Wildman–Crippen LogP) is 5.44. The van der Waals surface area contributed by atoms with E-state index in [2.05, 4.69) is 29.1 Å². The van der Waals surface area contributed by atoms with Crippen molar-refractivity contribution in [1.29, 1.82) is 0 Å². The van der Waals surface area contributed by atoms with Gasteiger partial charge in [0.05, 0.1) is 11.8 Å². The average molecular weight is 565 g/mol.